The van der Waals surface area contributed by atoms with E-state index in [0.29, 0.717) is 18.5 Å². The molecule has 0 spiro atoms. The lowest BCUT2D eigenvalue weighted by atomic mass is 9.98. The predicted molar refractivity (Wildman–Crippen MR) is 129 cm³/mol. The number of pyridine rings is 1. The largest absolute Gasteiger partial charge is 0.477 e. The zero-order chi connectivity index (χ0) is 24.4. The minimum absolute atomic E-state index is 0.0305. The van der Waals surface area contributed by atoms with Crippen LogP contribution in [0.3, 0.4) is 0 Å². The van der Waals surface area contributed by atoms with Crippen LogP contribution in [0.2, 0.25) is 0 Å². The average molecular weight is 472 g/mol. The number of carboxylic acid groups (broad SMARTS) is 1. The molecule has 2 unspecified atom stereocenters. The molecular formula is C27H25N3O5. The Bertz CT molecular complexity index is 1230. The highest BCUT2D eigenvalue weighted by atomic mass is 16.5. The highest BCUT2D eigenvalue weighted by Gasteiger charge is 2.35. The van der Waals surface area contributed by atoms with Gasteiger partial charge in [0.05, 0.1) is 17.8 Å². The van der Waals surface area contributed by atoms with E-state index in [1.807, 2.05) is 24.3 Å². The van der Waals surface area contributed by atoms with Crippen molar-refractivity contribution in [2.24, 2.45) is 5.92 Å². The van der Waals surface area contributed by atoms with Crippen LogP contribution in [0.1, 0.15) is 46.8 Å². The van der Waals surface area contributed by atoms with Gasteiger partial charge in [-0.15, -0.1) is 0 Å². The molecular weight excluding hydrogens is 446 g/mol. The Balaban J connectivity index is 1.19. The molecule has 2 aliphatic rings. The lowest BCUT2D eigenvalue weighted by Gasteiger charge is -2.21. The van der Waals surface area contributed by atoms with Crippen LogP contribution in [0.25, 0.3) is 11.1 Å². The molecule has 0 bridgehead atoms. The van der Waals surface area contributed by atoms with E-state index in [4.69, 9.17) is 9.84 Å². The maximum absolute atomic E-state index is 12.8. The second-order valence-corrected chi connectivity index (χ2v) is 8.84. The Kier molecular flexibility index (Phi) is 6.18. The van der Waals surface area contributed by atoms with Crippen molar-refractivity contribution in [3.8, 4) is 11.1 Å². The molecule has 1 aromatic heterocycles. The van der Waals surface area contributed by atoms with Gasteiger partial charge in [0.2, 0.25) is 5.91 Å². The van der Waals surface area contributed by atoms with Crippen LogP contribution in [-0.2, 0) is 9.53 Å². The molecule has 178 valence electrons. The molecule has 3 N–H and O–H groups in total. The van der Waals surface area contributed by atoms with Crippen molar-refractivity contribution in [1.29, 1.82) is 0 Å². The number of rotatable bonds is 6. The number of carboxylic acids is 1. The summed E-state index contributed by atoms with van der Waals surface area (Å²) in [7, 11) is 0. The van der Waals surface area contributed by atoms with Gasteiger partial charge < -0.3 is 20.5 Å². The monoisotopic (exact) mass is 471 g/mol. The van der Waals surface area contributed by atoms with Gasteiger partial charge in [0.1, 0.15) is 12.3 Å². The number of alkyl carbamates (subject to hydrolysis) is 1. The Morgan fingerprint density at radius 1 is 0.943 bits per heavy atom. The summed E-state index contributed by atoms with van der Waals surface area (Å²) in [5.41, 5.74) is 4.92. The Labute approximate surface area is 202 Å². The molecule has 35 heavy (non-hydrogen) atoms. The van der Waals surface area contributed by atoms with Crippen LogP contribution in [0.5, 0.6) is 0 Å². The van der Waals surface area contributed by atoms with Crippen molar-refractivity contribution in [3.63, 3.8) is 0 Å². The third-order valence-electron chi connectivity index (χ3n) is 6.75. The van der Waals surface area contributed by atoms with E-state index in [2.05, 4.69) is 39.9 Å². The van der Waals surface area contributed by atoms with Crippen molar-refractivity contribution in [3.05, 3.63) is 83.7 Å². The first-order valence-corrected chi connectivity index (χ1v) is 11.6. The summed E-state index contributed by atoms with van der Waals surface area (Å²) in [6.45, 7) is 0.213. The number of anilines is 1. The van der Waals surface area contributed by atoms with Crippen LogP contribution in [0.15, 0.2) is 66.9 Å². The number of fused-ring (bicyclic) bond motifs is 3. The molecule has 1 heterocycles. The van der Waals surface area contributed by atoms with Gasteiger partial charge in [-0.25, -0.2) is 14.6 Å². The number of ether oxygens (including phenoxy) is 1. The maximum atomic E-state index is 12.8. The van der Waals surface area contributed by atoms with Crippen molar-refractivity contribution < 1.29 is 24.2 Å². The number of nitrogens with one attached hydrogen (secondary N) is 2. The molecule has 8 nitrogen and oxygen atoms in total. The van der Waals surface area contributed by atoms with Gasteiger partial charge in [0, 0.05) is 12.0 Å². The molecule has 8 heteroatoms. The summed E-state index contributed by atoms with van der Waals surface area (Å²) in [5, 5.41) is 14.6. The molecule has 0 aliphatic heterocycles. The minimum Gasteiger partial charge on any atom is -0.477 e. The summed E-state index contributed by atoms with van der Waals surface area (Å²) in [4.78, 5) is 40.3. The molecule has 1 fully saturated rings. The van der Waals surface area contributed by atoms with Crippen molar-refractivity contribution in [2.45, 2.75) is 31.2 Å². The van der Waals surface area contributed by atoms with Gasteiger partial charge in [-0.3, -0.25) is 4.79 Å². The molecule has 0 radical (unpaired) electrons. The second-order valence-electron chi connectivity index (χ2n) is 8.84. The van der Waals surface area contributed by atoms with E-state index in [0.717, 1.165) is 28.7 Å². The van der Waals surface area contributed by atoms with E-state index in [9.17, 15) is 14.4 Å². The summed E-state index contributed by atoms with van der Waals surface area (Å²) < 4.78 is 5.64. The minimum atomic E-state index is -1.13. The van der Waals surface area contributed by atoms with E-state index < -0.39 is 18.0 Å². The van der Waals surface area contributed by atoms with E-state index in [1.54, 1.807) is 0 Å². The first-order chi connectivity index (χ1) is 17.0. The summed E-state index contributed by atoms with van der Waals surface area (Å²) in [6, 6.07) is 18.8. The number of amides is 2. The van der Waals surface area contributed by atoms with Gasteiger partial charge in [-0.2, -0.15) is 0 Å². The fraction of sp³-hybridized carbons (Fsp3) is 0.259. The molecule has 0 saturated heterocycles. The standard InChI is InChI=1S/C27H25N3O5/c31-25(29-16-12-13-24(26(32)33)28-14-16)21-10-5-11-23(21)30-27(34)35-15-22-19-8-3-1-6-17(19)18-7-2-4-9-20(18)22/h1-4,6-9,12-14,21-23H,5,10-11,15H2,(H,29,31)(H,30,34)(H,32,33). The quantitative estimate of drug-likeness (QED) is 0.490. The zero-order valence-electron chi connectivity index (χ0n) is 18.9. The summed E-state index contributed by atoms with van der Waals surface area (Å²) >= 11 is 0. The molecule has 2 atom stereocenters. The number of carbonyl (C=O) groups is 3. The highest BCUT2D eigenvalue weighted by molar-refractivity contribution is 5.94. The Hall–Kier alpha value is -4.20. The lowest BCUT2D eigenvalue weighted by Crippen LogP contribution is -2.42. The molecule has 3 aromatic rings. The van der Waals surface area contributed by atoms with E-state index >= 15 is 0 Å². The van der Waals surface area contributed by atoms with Crippen LogP contribution in [0.4, 0.5) is 10.5 Å². The van der Waals surface area contributed by atoms with Crippen molar-refractivity contribution in [1.82, 2.24) is 10.3 Å². The van der Waals surface area contributed by atoms with Gasteiger partial charge in [0.15, 0.2) is 0 Å². The molecule has 1 saturated carbocycles. The van der Waals surface area contributed by atoms with E-state index in [1.165, 1.54) is 18.3 Å². The maximum Gasteiger partial charge on any atom is 0.407 e. The van der Waals surface area contributed by atoms with Gasteiger partial charge in [-0.05, 0) is 47.2 Å². The molecule has 2 amide bonds. The SMILES string of the molecule is O=C(NC1CCCC1C(=O)Nc1ccc(C(=O)O)nc1)OCC1c2ccccc2-c2ccccc21. The van der Waals surface area contributed by atoms with Crippen LogP contribution in [0, 0.1) is 5.92 Å². The number of benzene rings is 2. The predicted octanol–water partition coefficient (Wildman–Crippen LogP) is 4.43. The van der Waals surface area contributed by atoms with Gasteiger partial charge in [-0.1, -0.05) is 55.0 Å². The normalized spacial score (nSPS) is 18.4. The molecule has 5 rings (SSSR count). The topological polar surface area (TPSA) is 118 Å². The van der Waals surface area contributed by atoms with Crippen molar-refractivity contribution >= 4 is 23.7 Å². The van der Waals surface area contributed by atoms with Crippen LogP contribution < -0.4 is 10.6 Å². The average Bonchev–Trinajstić information content (AvgIpc) is 3.45. The lowest BCUT2D eigenvalue weighted by molar-refractivity contribution is -0.120. The van der Waals surface area contributed by atoms with Gasteiger partial charge in [0.25, 0.3) is 0 Å². The van der Waals surface area contributed by atoms with Crippen LogP contribution >= 0.6 is 0 Å². The zero-order valence-corrected chi connectivity index (χ0v) is 18.9. The van der Waals surface area contributed by atoms with Crippen LogP contribution in [-0.4, -0.2) is 40.7 Å². The molecule has 2 aromatic carbocycles. The number of hydrogen-bond acceptors (Lipinski definition) is 5. The second kappa shape index (κ2) is 9.58. The third kappa shape index (κ3) is 4.59. The molecule has 2 aliphatic carbocycles. The fourth-order valence-corrected chi connectivity index (χ4v) is 5.07. The van der Waals surface area contributed by atoms with Crippen molar-refractivity contribution in [2.75, 3.05) is 11.9 Å². The summed E-state index contributed by atoms with van der Waals surface area (Å²) in [5.74, 6) is -1.81. The number of aromatic nitrogens is 1. The smallest absolute Gasteiger partial charge is 0.407 e. The number of aromatic carboxylic acids is 1. The Morgan fingerprint density at radius 3 is 2.26 bits per heavy atom. The summed E-state index contributed by atoms with van der Waals surface area (Å²) in [6.07, 6.45) is 2.90. The number of hydrogen-bond donors (Lipinski definition) is 3. The highest BCUT2D eigenvalue weighted by Crippen LogP contribution is 2.44. The fourth-order valence-electron chi connectivity index (χ4n) is 5.07. The Morgan fingerprint density at radius 2 is 1.63 bits per heavy atom. The van der Waals surface area contributed by atoms with Gasteiger partial charge >= 0.3 is 12.1 Å². The third-order valence-corrected chi connectivity index (χ3v) is 6.75. The number of nitrogens with zero attached hydrogens (tertiary/aromatic N) is 1. The number of carbonyl (C=O) groups excluding carboxylic acids is 2. The first kappa shape index (κ1) is 22.6. The van der Waals surface area contributed by atoms with E-state index in [-0.39, 0.29) is 30.2 Å². The first-order valence-electron chi connectivity index (χ1n) is 11.6.